The van der Waals surface area contributed by atoms with Gasteiger partial charge in [0.2, 0.25) is 0 Å². The van der Waals surface area contributed by atoms with Crippen LogP contribution >= 0.6 is 0 Å². The molecular formula is C8H9N2O2. The molecule has 0 amide bonds. The zero-order chi connectivity index (χ0) is 9.14. The van der Waals surface area contributed by atoms with Gasteiger partial charge < -0.3 is 16.6 Å². The lowest BCUT2D eigenvalue weighted by Crippen LogP contribution is -2.21. The van der Waals surface area contributed by atoms with Crippen LogP contribution in [0.15, 0.2) is 18.2 Å². The third-order valence-corrected chi connectivity index (χ3v) is 1.53. The molecule has 0 aromatic heterocycles. The number of hydrogen-bond acceptors (Lipinski definition) is 3. The van der Waals surface area contributed by atoms with Crippen molar-refractivity contribution in [3.8, 4) is 0 Å². The summed E-state index contributed by atoms with van der Waals surface area (Å²) in [5.41, 5.74) is 11.6. The van der Waals surface area contributed by atoms with Crippen LogP contribution in [0.25, 0.3) is 0 Å². The van der Waals surface area contributed by atoms with Crippen LogP contribution < -0.4 is 11.5 Å². The summed E-state index contributed by atoms with van der Waals surface area (Å²) in [6, 6.07) is 6.29. The van der Waals surface area contributed by atoms with E-state index < -0.39 is 12.0 Å². The van der Waals surface area contributed by atoms with Crippen LogP contribution in [-0.2, 0) is 4.79 Å². The Morgan fingerprint density at radius 3 is 2.83 bits per heavy atom. The van der Waals surface area contributed by atoms with Gasteiger partial charge in [-0.3, -0.25) is 4.79 Å². The highest BCUT2D eigenvalue weighted by Crippen LogP contribution is 2.17. The van der Waals surface area contributed by atoms with E-state index in [-0.39, 0.29) is 0 Å². The highest BCUT2D eigenvalue weighted by atomic mass is 16.4. The number of hydrogen-bond donors (Lipinski definition) is 3. The van der Waals surface area contributed by atoms with E-state index in [1.54, 1.807) is 12.1 Å². The molecule has 1 aromatic carbocycles. The van der Waals surface area contributed by atoms with Crippen LogP contribution in [0.3, 0.4) is 0 Å². The van der Waals surface area contributed by atoms with Gasteiger partial charge in [0.25, 0.3) is 0 Å². The van der Waals surface area contributed by atoms with E-state index >= 15 is 0 Å². The topological polar surface area (TPSA) is 89.3 Å². The third-order valence-electron chi connectivity index (χ3n) is 1.53. The second-order valence-electron chi connectivity index (χ2n) is 2.37. The van der Waals surface area contributed by atoms with Gasteiger partial charge in [0.1, 0.15) is 6.04 Å². The van der Waals surface area contributed by atoms with E-state index in [4.69, 9.17) is 16.6 Å². The van der Waals surface area contributed by atoms with Gasteiger partial charge in [-0.25, -0.2) is 0 Å². The summed E-state index contributed by atoms with van der Waals surface area (Å²) in [7, 11) is 0. The number of benzene rings is 1. The first kappa shape index (κ1) is 8.55. The molecule has 1 aromatic rings. The van der Waals surface area contributed by atoms with Crippen molar-refractivity contribution in [2.45, 2.75) is 6.04 Å². The molecule has 0 spiro atoms. The highest BCUT2D eigenvalue weighted by molar-refractivity contribution is 5.77. The number of nitrogens with two attached hydrogens (primary N) is 2. The maximum absolute atomic E-state index is 10.5. The molecular weight excluding hydrogens is 156 g/mol. The maximum atomic E-state index is 10.5. The molecule has 4 heteroatoms. The Bertz CT molecular complexity index is 299. The summed E-state index contributed by atoms with van der Waals surface area (Å²) in [5.74, 6) is -1.09. The van der Waals surface area contributed by atoms with E-state index in [1.807, 2.05) is 0 Å². The number of carbonyl (C=O) groups is 1. The average Bonchev–Trinajstić information content (AvgIpc) is 2.04. The molecule has 4 nitrogen and oxygen atoms in total. The second-order valence-corrected chi connectivity index (χ2v) is 2.37. The van der Waals surface area contributed by atoms with E-state index in [0.29, 0.717) is 11.3 Å². The molecule has 0 saturated heterocycles. The van der Waals surface area contributed by atoms with Crippen molar-refractivity contribution in [3.05, 3.63) is 29.8 Å². The first-order valence-electron chi connectivity index (χ1n) is 3.37. The largest absolute Gasteiger partial charge is 0.480 e. The monoisotopic (exact) mass is 165 g/mol. The molecule has 0 saturated carbocycles. The number of carboxylic acids is 1. The predicted octanol–water partition coefficient (Wildman–Crippen LogP) is 0.153. The standard InChI is InChI=1S/C8H9N2O2/c9-6-4-2-1-3-5(6)7(10)8(11)12/h1,3-4,7H,9-10H2,(H,11,12). The Hall–Kier alpha value is -1.55. The molecule has 5 N–H and O–H groups in total. The van der Waals surface area contributed by atoms with Gasteiger partial charge in [0, 0.05) is 11.3 Å². The second kappa shape index (κ2) is 3.23. The summed E-state index contributed by atoms with van der Waals surface area (Å²) in [4.78, 5) is 10.5. The first-order chi connectivity index (χ1) is 5.63. The van der Waals surface area contributed by atoms with Gasteiger partial charge in [-0.15, -0.1) is 0 Å². The normalized spacial score (nSPS) is 12.4. The van der Waals surface area contributed by atoms with Crippen LogP contribution in [0.1, 0.15) is 11.6 Å². The zero-order valence-corrected chi connectivity index (χ0v) is 6.32. The SMILES string of the molecule is Nc1c[c]ccc1C(N)C(=O)O. The zero-order valence-electron chi connectivity index (χ0n) is 6.32. The number of anilines is 1. The molecule has 1 unspecified atom stereocenters. The van der Waals surface area contributed by atoms with E-state index in [1.165, 1.54) is 6.07 Å². The predicted molar refractivity (Wildman–Crippen MR) is 44.3 cm³/mol. The fourth-order valence-corrected chi connectivity index (χ4v) is 0.872. The Labute approximate surface area is 69.8 Å². The molecule has 1 radical (unpaired) electrons. The lowest BCUT2D eigenvalue weighted by atomic mass is 10.1. The van der Waals surface area contributed by atoms with Crippen LogP contribution in [0.5, 0.6) is 0 Å². The Morgan fingerprint density at radius 1 is 1.67 bits per heavy atom. The molecule has 0 fully saturated rings. The minimum absolute atomic E-state index is 0.354. The van der Waals surface area contributed by atoms with Crippen molar-refractivity contribution >= 4 is 11.7 Å². The first-order valence-corrected chi connectivity index (χ1v) is 3.37. The number of nitrogen functional groups attached to an aromatic ring is 1. The molecule has 0 aliphatic carbocycles. The van der Waals surface area contributed by atoms with Crippen molar-refractivity contribution in [1.82, 2.24) is 0 Å². The van der Waals surface area contributed by atoms with Crippen molar-refractivity contribution in [3.63, 3.8) is 0 Å². The van der Waals surface area contributed by atoms with Gasteiger partial charge in [0.15, 0.2) is 0 Å². The lowest BCUT2D eigenvalue weighted by Gasteiger charge is -2.08. The van der Waals surface area contributed by atoms with Crippen LogP contribution in [0, 0.1) is 6.07 Å². The number of aliphatic carboxylic acids is 1. The van der Waals surface area contributed by atoms with Crippen LogP contribution in [0.2, 0.25) is 0 Å². The Morgan fingerprint density at radius 2 is 2.33 bits per heavy atom. The van der Waals surface area contributed by atoms with Gasteiger partial charge in [-0.1, -0.05) is 12.1 Å². The number of rotatable bonds is 2. The van der Waals surface area contributed by atoms with Gasteiger partial charge in [-0.2, -0.15) is 0 Å². The summed E-state index contributed by atoms with van der Waals surface area (Å²) in [6.45, 7) is 0. The van der Waals surface area contributed by atoms with Crippen molar-refractivity contribution in [2.24, 2.45) is 5.73 Å². The van der Waals surface area contributed by atoms with Gasteiger partial charge in [0.05, 0.1) is 0 Å². The summed E-state index contributed by atoms with van der Waals surface area (Å²) in [6.07, 6.45) is 0. The molecule has 12 heavy (non-hydrogen) atoms. The fraction of sp³-hybridized carbons (Fsp3) is 0.125. The number of carboxylic acid groups (broad SMARTS) is 1. The Kier molecular flexibility index (Phi) is 2.30. The Balaban J connectivity index is 3.02. The molecule has 0 aliphatic heterocycles. The van der Waals surface area contributed by atoms with Crippen molar-refractivity contribution in [2.75, 3.05) is 5.73 Å². The maximum Gasteiger partial charge on any atom is 0.325 e. The molecule has 1 atom stereocenters. The fourth-order valence-electron chi connectivity index (χ4n) is 0.872. The summed E-state index contributed by atoms with van der Waals surface area (Å²) in [5, 5.41) is 8.57. The van der Waals surface area contributed by atoms with Gasteiger partial charge >= 0.3 is 5.97 Å². The molecule has 0 heterocycles. The highest BCUT2D eigenvalue weighted by Gasteiger charge is 2.15. The smallest absolute Gasteiger partial charge is 0.325 e. The van der Waals surface area contributed by atoms with Crippen LogP contribution in [0.4, 0.5) is 5.69 Å². The van der Waals surface area contributed by atoms with Crippen LogP contribution in [-0.4, -0.2) is 11.1 Å². The quantitative estimate of drug-likeness (QED) is 0.544. The van der Waals surface area contributed by atoms with E-state index in [0.717, 1.165) is 0 Å². The molecule has 0 bridgehead atoms. The van der Waals surface area contributed by atoms with E-state index in [9.17, 15) is 4.79 Å². The van der Waals surface area contributed by atoms with E-state index in [2.05, 4.69) is 6.07 Å². The third kappa shape index (κ3) is 1.54. The van der Waals surface area contributed by atoms with Crippen molar-refractivity contribution in [1.29, 1.82) is 0 Å². The average molecular weight is 165 g/mol. The molecule has 63 valence electrons. The summed E-state index contributed by atoms with van der Waals surface area (Å²) >= 11 is 0. The van der Waals surface area contributed by atoms with Crippen molar-refractivity contribution < 1.29 is 9.90 Å². The molecule has 1 rings (SSSR count). The molecule has 0 aliphatic rings. The minimum atomic E-state index is -1.09. The minimum Gasteiger partial charge on any atom is -0.480 e. The lowest BCUT2D eigenvalue weighted by molar-refractivity contribution is -0.138. The van der Waals surface area contributed by atoms with Gasteiger partial charge in [-0.05, 0) is 12.1 Å². The summed E-state index contributed by atoms with van der Waals surface area (Å²) < 4.78 is 0.